The number of aryl methyl sites for hydroxylation is 1. The van der Waals surface area contributed by atoms with Gasteiger partial charge in [-0.25, -0.2) is 0 Å². The topological polar surface area (TPSA) is 65.1 Å². The Morgan fingerprint density at radius 2 is 2.27 bits per heavy atom. The fourth-order valence-corrected chi connectivity index (χ4v) is 2.14. The molecular formula is C10H16N2O2S. The lowest BCUT2D eigenvalue weighted by Crippen LogP contribution is -2.27. The van der Waals surface area contributed by atoms with Gasteiger partial charge >= 0.3 is 0 Å². The first-order chi connectivity index (χ1) is 7.15. The second kappa shape index (κ2) is 5.82. The average Bonchev–Trinajstić information content (AvgIpc) is 2.26. The zero-order valence-electron chi connectivity index (χ0n) is 8.76. The normalized spacial score (nSPS) is 14.8. The summed E-state index contributed by atoms with van der Waals surface area (Å²) in [7, 11) is -0.958. The summed E-state index contributed by atoms with van der Waals surface area (Å²) >= 11 is 0. The standard InChI is InChI=1S/C10H16N2O2S/c1-9(8-11)15(14)7-6-12-5-3-2-4-10(12)13/h2-5,9H,6-8,11H2,1H3. The minimum atomic E-state index is -0.958. The highest BCUT2D eigenvalue weighted by molar-refractivity contribution is 7.85. The van der Waals surface area contributed by atoms with Crippen molar-refractivity contribution in [3.63, 3.8) is 0 Å². The molecule has 1 aromatic rings. The van der Waals surface area contributed by atoms with Crippen LogP contribution >= 0.6 is 0 Å². The molecule has 0 saturated heterocycles. The van der Waals surface area contributed by atoms with Crippen LogP contribution in [0.2, 0.25) is 0 Å². The van der Waals surface area contributed by atoms with E-state index in [4.69, 9.17) is 5.73 Å². The van der Waals surface area contributed by atoms with Gasteiger partial charge in [-0.3, -0.25) is 9.00 Å². The molecule has 0 fully saturated rings. The summed E-state index contributed by atoms with van der Waals surface area (Å²) < 4.78 is 13.1. The second-order valence-electron chi connectivity index (χ2n) is 3.36. The second-order valence-corrected chi connectivity index (χ2v) is 5.34. The third kappa shape index (κ3) is 3.60. The summed E-state index contributed by atoms with van der Waals surface area (Å²) in [6.07, 6.45) is 1.70. The zero-order valence-corrected chi connectivity index (χ0v) is 9.57. The molecule has 5 heteroatoms. The molecule has 1 rings (SSSR count). The predicted molar refractivity (Wildman–Crippen MR) is 62.2 cm³/mol. The molecule has 0 bridgehead atoms. The number of aromatic nitrogens is 1. The molecule has 0 saturated carbocycles. The van der Waals surface area contributed by atoms with Gasteiger partial charge in [-0.1, -0.05) is 6.07 Å². The van der Waals surface area contributed by atoms with Crippen molar-refractivity contribution in [2.24, 2.45) is 5.73 Å². The van der Waals surface area contributed by atoms with Crippen molar-refractivity contribution >= 4 is 10.8 Å². The summed E-state index contributed by atoms with van der Waals surface area (Å²) in [5.74, 6) is 0.474. The van der Waals surface area contributed by atoms with Gasteiger partial charge in [0.25, 0.3) is 5.56 Å². The quantitative estimate of drug-likeness (QED) is 0.768. The maximum absolute atomic E-state index is 11.6. The summed E-state index contributed by atoms with van der Waals surface area (Å²) in [4.78, 5) is 11.3. The molecule has 1 aromatic heterocycles. The SMILES string of the molecule is CC(CN)S(=O)CCn1ccccc1=O. The fourth-order valence-electron chi connectivity index (χ4n) is 1.14. The molecule has 0 aliphatic rings. The third-order valence-corrected chi connectivity index (χ3v) is 3.89. The molecule has 2 N–H and O–H groups in total. The van der Waals surface area contributed by atoms with E-state index in [2.05, 4.69) is 0 Å². The van der Waals surface area contributed by atoms with Crippen LogP contribution in [0.3, 0.4) is 0 Å². The molecule has 0 amide bonds. The van der Waals surface area contributed by atoms with E-state index in [0.717, 1.165) is 0 Å². The highest BCUT2D eigenvalue weighted by Gasteiger charge is 2.08. The fraction of sp³-hybridized carbons (Fsp3) is 0.500. The maximum Gasteiger partial charge on any atom is 0.250 e. The van der Waals surface area contributed by atoms with Gasteiger partial charge in [0.05, 0.1) is 0 Å². The molecule has 0 spiro atoms. The van der Waals surface area contributed by atoms with Crippen LogP contribution in [0.15, 0.2) is 29.2 Å². The molecular weight excluding hydrogens is 212 g/mol. The minimum absolute atomic E-state index is 0.00980. The van der Waals surface area contributed by atoms with Crippen molar-refractivity contribution in [3.05, 3.63) is 34.7 Å². The van der Waals surface area contributed by atoms with Crippen LogP contribution in [-0.2, 0) is 17.3 Å². The number of pyridine rings is 1. The van der Waals surface area contributed by atoms with E-state index in [-0.39, 0.29) is 10.8 Å². The average molecular weight is 228 g/mol. The Bertz CT molecular complexity index is 389. The molecule has 84 valence electrons. The van der Waals surface area contributed by atoms with Gasteiger partial charge < -0.3 is 10.3 Å². The Kier molecular flexibility index (Phi) is 4.71. The Morgan fingerprint density at radius 3 is 2.87 bits per heavy atom. The zero-order chi connectivity index (χ0) is 11.3. The lowest BCUT2D eigenvalue weighted by molar-refractivity contribution is 0.659. The first kappa shape index (κ1) is 12.1. The highest BCUT2D eigenvalue weighted by atomic mass is 32.2. The monoisotopic (exact) mass is 228 g/mol. The number of hydrogen-bond donors (Lipinski definition) is 1. The summed E-state index contributed by atoms with van der Waals surface area (Å²) in [6, 6.07) is 4.98. The van der Waals surface area contributed by atoms with Crippen LogP contribution < -0.4 is 11.3 Å². The lowest BCUT2D eigenvalue weighted by Gasteiger charge is -2.09. The smallest absolute Gasteiger partial charge is 0.250 e. The van der Waals surface area contributed by atoms with Crippen molar-refractivity contribution < 1.29 is 4.21 Å². The van der Waals surface area contributed by atoms with Gasteiger partial charge in [0.15, 0.2) is 0 Å². The van der Waals surface area contributed by atoms with E-state index in [0.29, 0.717) is 18.8 Å². The predicted octanol–water partition coefficient (Wildman–Crippen LogP) is -0.0558. The van der Waals surface area contributed by atoms with Crippen molar-refractivity contribution in [1.82, 2.24) is 4.57 Å². The molecule has 0 aliphatic carbocycles. The van der Waals surface area contributed by atoms with Gasteiger partial charge in [-0.05, 0) is 13.0 Å². The Hall–Kier alpha value is -0.940. The molecule has 4 nitrogen and oxygen atoms in total. The van der Waals surface area contributed by atoms with Crippen LogP contribution in [0.1, 0.15) is 6.92 Å². The summed E-state index contributed by atoms with van der Waals surface area (Å²) in [5.41, 5.74) is 5.35. The number of rotatable bonds is 5. The van der Waals surface area contributed by atoms with Crippen LogP contribution in [0.4, 0.5) is 0 Å². The van der Waals surface area contributed by atoms with Gasteiger partial charge in [0, 0.05) is 47.2 Å². The Labute approximate surface area is 91.6 Å². The largest absolute Gasteiger partial charge is 0.329 e. The highest BCUT2D eigenvalue weighted by Crippen LogP contribution is 1.95. The van der Waals surface area contributed by atoms with Crippen molar-refractivity contribution in [3.8, 4) is 0 Å². The van der Waals surface area contributed by atoms with E-state index >= 15 is 0 Å². The molecule has 2 unspecified atom stereocenters. The van der Waals surface area contributed by atoms with E-state index in [1.54, 1.807) is 22.9 Å². The van der Waals surface area contributed by atoms with Crippen LogP contribution in [0.5, 0.6) is 0 Å². The number of nitrogens with two attached hydrogens (primary N) is 1. The van der Waals surface area contributed by atoms with Crippen molar-refractivity contribution in [2.75, 3.05) is 12.3 Å². The number of nitrogens with zero attached hydrogens (tertiary/aromatic N) is 1. The summed E-state index contributed by atoms with van der Waals surface area (Å²) in [6.45, 7) is 2.75. The van der Waals surface area contributed by atoms with Crippen molar-refractivity contribution in [1.29, 1.82) is 0 Å². The van der Waals surface area contributed by atoms with Crippen LogP contribution in [0, 0.1) is 0 Å². The third-order valence-electron chi connectivity index (χ3n) is 2.21. The number of hydrogen-bond acceptors (Lipinski definition) is 3. The van der Waals surface area contributed by atoms with Crippen molar-refractivity contribution in [2.45, 2.75) is 18.7 Å². The lowest BCUT2D eigenvalue weighted by atomic mass is 10.5. The maximum atomic E-state index is 11.6. The molecule has 0 aliphatic heterocycles. The molecule has 2 atom stereocenters. The van der Waals surface area contributed by atoms with Crippen LogP contribution in [0.25, 0.3) is 0 Å². The summed E-state index contributed by atoms with van der Waals surface area (Å²) in [5, 5.41) is -0.00980. The molecule has 0 radical (unpaired) electrons. The van der Waals surface area contributed by atoms with Gasteiger partial charge in [0.2, 0.25) is 0 Å². The molecule has 1 heterocycles. The van der Waals surface area contributed by atoms with E-state index in [1.165, 1.54) is 6.07 Å². The van der Waals surface area contributed by atoms with Crippen LogP contribution in [-0.4, -0.2) is 26.3 Å². The van der Waals surface area contributed by atoms with Gasteiger partial charge in [0.1, 0.15) is 0 Å². The first-order valence-electron chi connectivity index (χ1n) is 4.88. The molecule has 0 aromatic carbocycles. The van der Waals surface area contributed by atoms with Gasteiger partial charge in [-0.2, -0.15) is 0 Å². The van der Waals surface area contributed by atoms with E-state index in [1.807, 2.05) is 6.92 Å². The molecule has 15 heavy (non-hydrogen) atoms. The first-order valence-corrected chi connectivity index (χ1v) is 6.26. The van der Waals surface area contributed by atoms with E-state index in [9.17, 15) is 9.00 Å². The Morgan fingerprint density at radius 1 is 1.53 bits per heavy atom. The minimum Gasteiger partial charge on any atom is -0.329 e. The Balaban J connectivity index is 2.55. The van der Waals surface area contributed by atoms with E-state index < -0.39 is 10.8 Å². The van der Waals surface area contributed by atoms with Gasteiger partial charge in [-0.15, -0.1) is 0 Å².